The van der Waals surface area contributed by atoms with Gasteiger partial charge < -0.3 is 14.6 Å². The molecule has 0 aromatic carbocycles. The maximum atomic E-state index is 5.57. The van der Waals surface area contributed by atoms with Crippen LogP contribution in [0.5, 0.6) is 0 Å². The summed E-state index contributed by atoms with van der Waals surface area (Å²) in [5.41, 5.74) is 1.02. The minimum atomic E-state index is 0.0897. The second-order valence-electron chi connectivity index (χ2n) is 6.48. The predicted octanol–water partition coefficient (Wildman–Crippen LogP) is 3.52. The monoisotopic (exact) mass is 268 g/mol. The second kappa shape index (κ2) is 7.65. The maximum Gasteiger partial charge on any atom is 0.162 e. The van der Waals surface area contributed by atoms with Gasteiger partial charge in [-0.1, -0.05) is 19.0 Å². The third kappa shape index (κ3) is 8.01. The van der Waals surface area contributed by atoms with Gasteiger partial charge in [-0.15, -0.1) is 0 Å². The van der Waals surface area contributed by atoms with E-state index in [0.717, 1.165) is 36.9 Å². The Morgan fingerprint density at radius 2 is 2.11 bits per heavy atom. The van der Waals surface area contributed by atoms with Gasteiger partial charge >= 0.3 is 0 Å². The van der Waals surface area contributed by atoms with E-state index in [4.69, 9.17) is 9.26 Å². The van der Waals surface area contributed by atoms with Crippen LogP contribution in [-0.4, -0.2) is 17.3 Å². The summed E-state index contributed by atoms with van der Waals surface area (Å²) in [7, 11) is 0. The lowest BCUT2D eigenvalue weighted by Gasteiger charge is -2.19. The van der Waals surface area contributed by atoms with Crippen LogP contribution >= 0.6 is 0 Å². The normalized spacial score (nSPS) is 12.3. The number of hydrogen-bond donors (Lipinski definition) is 1. The van der Waals surface area contributed by atoms with Crippen molar-refractivity contribution in [2.75, 3.05) is 6.61 Å². The molecule has 1 aromatic rings. The smallest absolute Gasteiger partial charge is 0.162 e. The Morgan fingerprint density at radius 3 is 2.74 bits per heavy atom. The molecule has 19 heavy (non-hydrogen) atoms. The lowest BCUT2D eigenvalue weighted by atomic mass is 10.1. The molecule has 1 N–H and O–H groups in total. The fourth-order valence-corrected chi connectivity index (χ4v) is 1.63. The average molecular weight is 268 g/mol. The summed E-state index contributed by atoms with van der Waals surface area (Å²) in [4.78, 5) is 0. The molecular formula is C15H28N2O2. The molecule has 0 fully saturated rings. The number of nitrogens with zero attached hydrogens (tertiary/aromatic N) is 1. The summed E-state index contributed by atoms with van der Waals surface area (Å²) in [6, 6.07) is 1.96. The molecule has 0 aliphatic carbocycles. The molecule has 0 atom stereocenters. The van der Waals surface area contributed by atoms with Crippen molar-refractivity contribution in [1.82, 2.24) is 10.5 Å². The number of rotatable bonds is 8. The highest BCUT2D eigenvalue weighted by Gasteiger charge is 2.11. The zero-order chi connectivity index (χ0) is 14.3. The molecule has 0 aliphatic rings. The first-order valence-electron chi connectivity index (χ1n) is 7.14. The molecule has 0 amide bonds. The molecule has 0 bridgehead atoms. The van der Waals surface area contributed by atoms with Crippen LogP contribution in [-0.2, 0) is 17.9 Å². The van der Waals surface area contributed by atoms with Crippen molar-refractivity contribution in [1.29, 1.82) is 0 Å². The summed E-state index contributed by atoms with van der Waals surface area (Å²) in [5.74, 6) is 1.54. The van der Waals surface area contributed by atoms with Gasteiger partial charge in [0, 0.05) is 24.8 Å². The Balaban J connectivity index is 2.20. The molecule has 110 valence electrons. The van der Waals surface area contributed by atoms with Crippen molar-refractivity contribution in [3.05, 3.63) is 17.5 Å². The van der Waals surface area contributed by atoms with E-state index in [2.05, 4.69) is 45.1 Å². The van der Waals surface area contributed by atoms with E-state index in [1.165, 1.54) is 6.42 Å². The van der Waals surface area contributed by atoms with E-state index < -0.39 is 0 Å². The van der Waals surface area contributed by atoms with E-state index >= 15 is 0 Å². The Morgan fingerprint density at radius 1 is 1.37 bits per heavy atom. The van der Waals surface area contributed by atoms with Gasteiger partial charge in [0.2, 0.25) is 0 Å². The Labute approximate surface area is 116 Å². The SMILES string of the molecule is CC(C)CCCOCc1cc(CNC(C)(C)C)no1. The van der Waals surface area contributed by atoms with Gasteiger partial charge in [0.05, 0.1) is 5.69 Å². The first-order valence-corrected chi connectivity index (χ1v) is 7.14. The molecule has 0 aliphatic heterocycles. The minimum absolute atomic E-state index is 0.0897. The maximum absolute atomic E-state index is 5.57. The summed E-state index contributed by atoms with van der Waals surface area (Å²) in [6.07, 6.45) is 2.31. The molecular weight excluding hydrogens is 240 g/mol. The number of hydrogen-bond acceptors (Lipinski definition) is 4. The van der Waals surface area contributed by atoms with Gasteiger partial charge in [-0.2, -0.15) is 0 Å². The van der Waals surface area contributed by atoms with Crippen molar-refractivity contribution in [3.8, 4) is 0 Å². The molecule has 0 saturated heterocycles. The van der Waals surface area contributed by atoms with Gasteiger partial charge in [0.25, 0.3) is 0 Å². The molecule has 0 unspecified atom stereocenters. The molecule has 0 radical (unpaired) electrons. The van der Waals surface area contributed by atoms with Crippen LogP contribution in [0.4, 0.5) is 0 Å². The summed E-state index contributed by atoms with van der Waals surface area (Å²) < 4.78 is 10.8. The first-order chi connectivity index (χ1) is 8.87. The van der Waals surface area contributed by atoms with Crippen LogP contribution < -0.4 is 5.32 Å². The molecule has 4 nitrogen and oxygen atoms in total. The van der Waals surface area contributed by atoms with Gasteiger partial charge in [-0.25, -0.2) is 0 Å². The molecule has 1 heterocycles. The van der Waals surface area contributed by atoms with Crippen molar-refractivity contribution in [2.24, 2.45) is 5.92 Å². The largest absolute Gasteiger partial charge is 0.373 e. The van der Waals surface area contributed by atoms with E-state index in [9.17, 15) is 0 Å². The Hall–Kier alpha value is -0.870. The van der Waals surface area contributed by atoms with E-state index in [1.54, 1.807) is 0 Å². The quantitative estimate of drug-likeness (QED) is 0.733. The highest BCUT2D eigenvalue weighted by molar-refractivity contribution is 5.04. The van der Waals surface area contributed by atoms with Crippen molar-refractivity contribution >= 4 is 0 Å². The van der Waals surface area contributed by atoms with Crippen LogP contribution in [0, 0.1) is 5.92 Å². The molecule has 4 heteroatoms. The van der Waals surface area contributed by atoms with Crippen molar-refractivity contribution in [2.45, 2.75) is 66.2 Å². The molecule has 1 aromatic heterocycles. The summed E-state index contributed by atoms with van der Waals surface area (Å²) in [6.45, 7) is 12.9. The van der Waals surface area contributed by atoms with Crippen LogP contribution in [0.25, 0.3) is 0 Å². The minimum Gasteiger partial charge on any atom is -0.373 e. The third-order valence-corrected chi connectivity index (χ3v) is 2.72. The van der Waals surface area contributed by atoms with Crippen LogP contribution in [0.15, 0.2) is 10.6 Å². The fraction of sp³-hybridized carbons (Fsp3) is 0.800. The summed E-state index contributed by atoms with van der Waals surface area (Å²) in [5, 5.41) is 7.41. The first kappa shape index (κ1) is 16.2. The lowest BCUT2D eigenvalue weighted by molar-refractivity contribution is 0.0960. The lowest BCUT2D eigenvalue weighted by Crippen LogP contribution is -2.35. The predicted molar refractivity (Wildman–Crippen MR) is 76.8 cm³/mol. The topological polar surface area (TPSA) is 47.3 Å². The average Bonchev–Trinajstić information content (AvgIpc) is 2.72. The third-order valence-electron chi connectivity index (χ3n) is 2.72. The van der Waals surface area contributed by atoms with Gasteiger partial charge in [-0.3, -0.25) is 0 Å². The van der Waals surface area contributed by atoms with E-state index in [1.807, 2.05) is 6.07 Å². The van der Waals surface area contributed by atoms with Crippen LogP contribution in [0.3, 0.4) is 0 Å². The number of ether oxygens (including phenoxy) is 1. The Bertz CT molecular complexity index is 353. The van der Waals surface area contributed by atoms with E-state index in [0.29, 0.717) is 6.61 Å². The van der Waals surface area contributed by atoms with Gasteiger partial charge in [0.1, 0.15) is 6.61 Å². The zero-order valence-corrected chi connectivity index (χ0v) is 13.0. The van der Waals surface area contributed by atoms with Gasteiger partial charge in [0.15, 0.2) is 5.76 Å². The van der Waals surface area contributed by atoms with Crippen molar-refractivity contribution < 1.29 is 9.26 Å². The summed E-state index contributed by atoms with van der Waals surface area (Å²) >= 11 is 0. The second-order valence-corrected chi connectivity index (χ2v) is 6.48. The molecule has 1 rings (SSSR count). The van der Waals surface area contributed by atoms with Crippen molar-refractivity contribution in [3.63, 3.8) is 0 Å². The standard InChI is InChI=1S/C15H28N2O2/c1-12(2)7-6-8-18-11-14-9-13(17-19-14)10-16-15(3,4)5/h9,12,16H,6-8,10-11H2,1-5H3. The number of nitrogens with one attached hydrogen (secondary N) is 1. The van der Waals surface area contributed by atoms with Crippen LogP contribution in [0.1, 0.15) is 58.9 Å². The molecule has 0 spiro atoms. The highest BCUT2D eigenvalue weighted by atomic mass is 16.5. The van der Waals surface area contributed by atoms with E-state index in [-0.39, 0.29) is 5.54 Å². The number of aromatic nitrogens is 1. The molecule has 0 saturated carbocycles. The van der Waals surface area contributed by atoms with Crippen LogP contribution in [0.2, 0.25) is 0 Å². The zero-order valence-electron chi connectivity index (χ0n) is 13.0. The van der Waals surface area contributed by atoms with Gasteiger partial charge in [-0.05, 0) is 39.5 Å². The Kier molecular flexibility index (Phi) is 6.52. The fourth-order valence-electron chi connectivity index (χ4n) is 1.63. The highest BCUT2D eigenvalue weighted by Crippen LogP contribution is 2.09.